The fourth-order valence-corrected chi connectivity index (χ4v) is 3.53. The van der Waals surface area contributed by atoms with Crippen molar-refractivity contribution in [3.8, 4) is 11.5 Å². The molecular formula is C20H21ClN6O2. The van der Waals surface area contributed by atoms with Crippen molar-refractivity contribution in [1.82, 2.24) is 20.1 Å². The van der Waals surface area contributed by atoms with Gasteiger partial charge in [-0.1, -0.05) is 11.6 Å². The predicted molar refractivity (Wildman–Crippen MR) is 111 cm³/mol. The van der Waals surface area contributed by atoms with Crippen LogP contribution in [-0.2, 0) is 0 Å². The number of aromatic nitrogens is 3. The van der Waals surface area contributed by atoms with Crippen molar-refractivity contribution in [1.29, 1.82) is 0 Å². The Morgan fingerprint density at radius 1 is 1.14 bits per heavy atom. The van der Waals surface area contributed by atoms with Gasteiger partial charge in [-0.15, -0.1) is 10.2 Å². The van der Waals surface area contributed by atoms with Crippen LogP contribution in [0, 0.1) is 13.8 Å². The van der Waals surface area contributed by atoms with E-state index in [0.717, 1.165) is 22.6 Å². The summed E-state index contributed by atoms with van der Waals surface area (Å²) in [4.78, 5) is 21.1. The number of piperazine rings is 1. The first-order valence-corrected chi connectivity index (χ1v) is 9.71. The number of carbonyl (C=O) groups excluding carboxylic acids is 1. The van der Waals surface area contributed by atoms with Gasteiger partial charge < -0.3 is 19.5 Å². The number of hydrogen-bond donors (Lipinski definition) is 1. The van der Waals surface area contributed by atoms with Gasteiger partial charge in [-0.2, -0.15) is 0 Å². The van der Waals surface area contributed by atoms with E-state index in [9.17, 15) is 4.79 Å². The van der Waals surface area contributed by atoms with Gasteiger partial charge in [0.2, 0.25) is 5.89 Å². The highest BCUT2D eigenvalue weighted by molar-refractivity contribution is 6.30. The molecule has 0 radical (unpaired) electrons. The molecule has 4 rings (SSSR count). The fraction of sp³-hybridized carbons (Fsp3) is 0.300. The number of halogens is 1. The van der Waals surface area contributed by atoms with E-state index in [0.29, 0.717) is 43.0 Å². The molecule has 1 saturated heterocycles. The number of hydrogen-bond acceptors (Lipinski definition) is 6. The largest absolute Gasteiger partial charge is 0.421 e. The predicted octanol–water partition coefficient (Wildman–Crippen LogP) is 3.76. The van der Waals surface area contributed by atoms with Crippen LogP contribution in [0.3, 0.4) is 0 Å². The molecule has 2 aromatic heterocycles. The number of anilines is 2. The molecule has 0 spiro atoms. The zero-order chi connectivity index (χ0) is 20.4. The first-order chi connectivity index (χ1) is 14.0. The van der Waals surface area contributed by atoms with Crippen LogP contribution in [0.2, 0.25) is 5.02 Å². The smallest absolute Gasteiger partial charge is 0.321 e. The summed E-state index contributed by atoms with van der Waals surface area (Å²) in [7, 11) is 0. The van der Waals surface area contributed by atoms with Crippen LogP contribution in [0.25, 0.3) is 11.5 Å². The van der Waals surface area contributed by atoms with Crippen LogP contribution in [-0.4, -0.2) is 52.3 Å². The summed E-state index contributed by atoms with van der Waals surface area (Å²) in [6, 6.07) is 9.05. The molecule has 0 atom stereocenters. The number of benzene rings is 1. The zero-order valence-corrected chi connectivity index (χ0v) is 17.0. The Hall–Kier alpha value is -3.13. The van der Waals surface area contributed by atoms with E-state index in [4.69, 9.17) is 16.0 Å². The van der Waals surface area contributed by atoms with Crippen LogP contribution in [0.15, 0.2) is 40.9 Å². The van der Waals surface area contributed by atoms with E-state index in [1.165, 1.54) is 0 Å². The highest BCUT2D eigenvalue weighted by atomic mass is 35.5. The van der Waals surface area contributed by atoms with E-state index in [2.05, 4.69) is 25.4 Å². The third kappa shape index (κ3) is 4.17. The highest BCUT2D eigenvalue weighted by Crippen LogP contribution is 2.28. The van der Waals surface area contributed by atoms with Gasteiger partial charge in [0.05, 0.1) is 5.56 Å². The molecule has 0 unspecified atom stereocenters. The van der Waals surface area contributed by atoms with Crippen molar-refractivity contribution in [3.63, 3.8) is 0 Å². The van der Waals surface area contributed by atoms with Crippen molar-refractivity contribution in [2.24, 2.45) is 0 Å². The van der Waals surface area contributed by atoms with Crippen molar-refractivity contribution in [2.45, 2.75) is 13.8 Å². The maximum Gasteiger partial charge on any atom is 0.321 e. The molecule has 150 valence electrons. The lowest BCUT2D eigenvalue weighted by Crippen LogP contribution is -2.50. The van der Waals surface area contributed by atoms with E-state index in [-0.39, 0.29) is 6.03 Å². The van der Waals surface area contributed by atoms with Crippen molar-refractivity contribution >= 4 is 29.1 Å². The van der Waals surface area contributed by atoms with Gasteiger partial charge >= 0.3 is 6.03 Å². The minimum atomic E-state index is -0.121. The Balaban J connectivity index is 1.43. The van der Waals surface area contributed by atoms with Crippen LogP contribution >= 0.6 is 11.6 Å². The quantitative estimate of drug-likeness (QED) is 0.704. The molecule has 8 nitrogen and oxygen atoms in total. The van der Waals surface area contributed by atoms with E-state index in [1.807, 2.05) is 31.2 Å². The Morgan fingerprint density at radius 3 is 2.62 bits per heavy atom. The number of nitrogens with one attached hydrogen (secondary N) is 1. The van der Waals surface area contributed by atoms with E-state index >= 15 is 0 Å². The molecule has 1 fully saturated rings. The third-order valence-corrected chi connectivity index (χ3v) is 5.07. The SMILES string of the molecule is Cc1nnc(-c2cccnc2N2CCN(C(=O)Nc3ccc(Cl)cc3C)CC2)o1. The molecule has 2 amide bonds. The Kier molecular flexibility index (Phi) is 5.35. The topological polar surface area (TPSA) is 87.4 Å². The van der Waals surface area contributed by atoms with Gasteiger partial charge in [-0.05, 0) is 42.8 Å². The molecule has 0 saturated carbocycles. The van der Waals surface area contributed by atoms with Crippen LogP contribution in [0.5, 0.6) is 0 Å². The Morgan fingerprint density at radius 2 is 1.93 bits per heavy atom. The average Bonchev–Trinajstić information content (AvgIpc) is 3.16. The Bertz CT molecular complexity index is 1030. The van der Waals surface area contributed by atoms with Crippen molar-refractivity contribution in [3.05, 3.63) is 53.0 Å². The molecule has 9 heteroatoms. The first kappa shape index (κ1) is 19.2. The second-order valence-electron chi connectivity index (χ2n) is 6.86. The molecular weight excluding hydrogens is 392 g/mol. The summed E-state index contributed by atoms with van der Waals surface area (Å²) in [6.07, 6.45) is 1.74. The lowest BCUT2D eigenvalue weighted by molar-refractivity contribution is 0.208. The van der Waals surface area contributed by atoms with Gasteiger partial charge in [0, 0.05) is 50.0 Å². The molecule has 0 bridgehead atoms. The summed E-state index contributed by atoms with van der Waals surface area (Å²) < 4.78 is 5.57. The standard InChI is InChI=1S/C20H21ClN6O2/c1-13-12-15(21)5-6-17(13)23-20(28)27-10-8-26(9-11-27)18-16(4-3-7-22-18)19-25-24-14(2)29-19/h3-7,12H,8-11H2,1-2H3,(H,23,28). The Labute approximate surface area is 173 Å². The summed E-state index contributed by atoms with van der Waals surface area (Å²) in [5, 5.41) is 11.6. The molecule has 0 aliphatic carbocycles. The number of amides is 2. The lowest BCUT2D eigenvalue weighted by Gasteiger charge is -2.36. The normalized spacial score (nSPS) is 14.2. The number of pyridine rings is 1. The number of aryl methyl sites for hydroxylation is 2. The average molecular weight is 413 g/mol. The summed E-state index contributed by atoms with van der Waals surface area (Å²) >= 11 is 5.99. The van der Waals surface area contributed by atoms with E-state index in [1.54, 1.807) is 24.1 Å². The van der Waals surface area contributed by atoms with Gasteiger partial charge in [-0.25, -0.2) is 9.78 Å². The fourth-order valence-electron chi connectivity index (χ4n) is 3.30. The second-order valence-corrected chi connectivity index (χ2v) is 7.30. The minimum absolute atomic E-state index is 0.121. The number of nitrogens with zero attached hydrogens (tertiary/aromatic N) is 5. The van der Waals surface area contributed by atoms with E-state index < -0.39 is 0 Å². The molecule has 1 aromatic carbocycles. The molecule has 3 aromatic rings. The number of rotatable bonds is 3. The summed E-state index contributed by atoms with van der Waals surface area (Å²) in [5.74, 6) is 1.74. The monoisotopic (exact) mass is 412 g/mol. The zero-order valence-electron chi connectivity index (χ0n) is 16.2. The van der Waals surface area contributed by atoms with Gasteiger partial charge in [-0.3, -0.25) is 0 Å². The third-order valence-electron chi connectivity index (χ3n) is 4.84. The van der Waals surface area contributed by atoms with Gasteiger partial charge in [0.15, 0.2) is 0 Å². The number of carbonyl (C=O) groups is 1. The van der Waals surface area contributed by atoms with Crippen LogP contribution in [0.1, 0.15) is 11.5 Å². The second kappa shape index (κ2) is 8.08. The van der Waals surface area contributed by atoms with Crippen molar-refractivity contribution in [2.75, 3.05) is 36.4 Å². The molecule has 1 aliphatic heterocycles. The maximum absolute atomic E-state index is 12.7. The minimum Gasteiger partial charge on any atom is -0.421 e. The summed E-state index contributed by atoms with van der Waals surface area (Å²) in [6.45, 7) is 6.15. The lowest BCUT2D eigenvalue weighted by atomic mass is 10.2. The van der Waals surface area contributed by atoms with Crippen LogP contribution in [0.4, 0.5) is 16.3 Å². The summed E-state index contributed by atoms with van der Waals surface area (Å²) in [5.41, 5.74) is 2.49. The molecule has 1 N–H and O–H groups in total. The van der Waals surface area contributed by atoms with Gasteiger partial charge in [0.25, 0.3) is 5.89 Å². The van der Waals surface area contributed by atoms with Crippen molar-refractivity contribution < 1.29 is 9.21 Å². The highest BCUT2D eigenvalue weighted by Gasteiger charge is 2.25. The van der Waals surface area contributed by atoms with Gasteiger partial charge in [0.1, 0.15) is 5.82 Å². The molecule has 3 heterocycles. The first-order valence-electron chi connectivity index (χ1n) is 9.34. The molecule has 29 heavy (non-hydrogen) atoms. The van der Waals surface area contributed by atoms with Crippen LogP contribution < -0.4 is 10.2 Å². The molecule has 1 aliphatic rings. The number of urea groups is 1. The maximum atomic E-state index is 12.7.